The van der Waals surface area contributed by atoms with Crippen molar-refractivity contribution in [1.29, 1.82) is 0 Å². The normalized spacial score (nSPS) is 12.3. The van der Waals surface area contributed by atoms with E-state index in [9.17, 15) is 13.6 Å². The van der Waals surface area contributed by atoms with E-state index in [1.165, 1.54) is 14.0 Å². The second-order valence-corrected chi connectivity index (χ2v) is 3.53. The first kappa shape index (κ1) is 13.5. The summed E-state index contributed by atoms with van der Waals surface area (Å²) >= 11 is 0. The molecule has 0 aliphatic carbocycles. The number of halogens is 2. The number of hydrogen-bond acceptors (Lipinski definition) is 3. The number of nitrogens with two attached hydrogens (primary N) is 1. The highest BCUT2D eigenvalue weighted by atomic mass is 19.1. The highest BCUT2D eigenvalue weighted by Crippen LogP contribution is 2.19. The molecule has 0 saturated heterocycles. The fourth-order valence-corrected chi connectivity index (χ4v) is 1.27. The molecular weight excluding hydrogens is 230 g/mol. The minimum absolute atomic E-state index is 0.0434. The van der Waals surface area contributed by atoms with E-state index in [0.717, 1.165) is 12.1 Å². The van der Waals surface area contributed by atoms with Gasteiger partial charge in [0.2, 0.25) is 0 Å². The van der Waals surface area contributed by atoms with E-state index >= 15 is 0 Å². The molecular formula is C11H14F2N2O2. The summed E-state index contributed by atoms with van der Waals surface area (Å²) in [6, 6.07) is 1.93. The topological polar surface area (TPSA) is 64.3 Å². The van der Waals surface area contributed by atoms with E-state index in [1.807, 2.05) is 0 Å². The zero-order chi connectivity index (χ0) is 13.0. The zero-order valence-electron chi connectivity index (χ0n) is 9.59. The molecule has 1 unspecified atom stereocenters. The molecule has 3 N–H and O–H groups in total. The summed E-state index contributed by atoms with van der Waals surface area (Å²) in [4.78, 5) is 11.5. The van der Waals surface area contributed by atoms with Gasteiger partial charge in [0.25, 0.3) is 5.91 Å². The van der Waals surface area contributed by atoms with Gasteiger partial charge in [-0.15, -0.1) is 0 Å². The Morgan fingerprint density at radius 3 is 2.65 bits per heavy atom. The van der Waals surface area contributed by atoms with Crippen molar-refractivity contribution in [2.75, 3.05) is 19.0 Å². The Morgan fingerprint density at radius 1 is 1.47 bits per heavy atom. The molecule has 6 heteroatoms. The third-order valence-corrected chi connectivity index (χ3v) is 2.30. The Bertz CT molecular complexity index is 420. The number of aryl methyl sites for hydroxylation is 1. The van der Waals surface area contributed by atoms with E-state index in [1.54, 1.807) is 0 Å². The molecule has 0 aliphatic rings. The lowest BCUT2D eigenvalue weighted by Gasteiger charge is -2.13. The Hall–Kier alpha value is -1.53. The van der Waals surface area contributed by atoms with Crippen LogP contribution in [0.2, 0.25) is 0 Å². The van der Waals surface area contributed by atoms with Gasteiger partial charge >= 0.3 is 0 Å². The number of anilines is 1. The molecule has 0 fully saturated rings. The number of carbonyl (C=O) groups is 1. The van der Waals surface area contributed by atoms with Gasteiger partial charge in [0.05, 0.1) is 5.69 Å². The van der Waals surface area contributed by atoms with Crippen molar-refractivity contribution in [2.45, 2.75) is 13.0 Å². The maximum Gasteiger partial charge on any atom is 0.254 e. The van der Waals surface area contributed by atoms with E-state index in [2.05, 4.69) is 5.32 Å². The van der Waals surface area contributed by atoms with Gasteiger partial charge < -0.3 is 15.8 Å². The number of rotatable bonds is 4. The zero-order valence-corrected chi connectivity index (χ0v) is 9.59. The van der Waals surface area contributed by atoms with E-state index in [4.69, 9.17) is 10.5 Å². The van der Waals surface area contributed by atoms with E-state index in [-0.39, 0.29) is 17.8 Å². The van der Waals surface area contributed by atoms with Crippen LogP contribution in [0, 0.1) is 18.6 Å². The number of carbonyl (C=O) groups excluding carboxylic acids is 1. The van der Waals surface area contributed by atoms with Gasteiger partial charge in [0.15, 0.2) is 0 Å². The summed E-state index contributed by atoms with van der Waals surface area (Å²) in [5.41, 5.74) is 5.22. The Morgan fingerprint density at radius 2 is 2.12 bits per heavy atom. The molecule has 1 aromatic rings. The predicted molar refractivity (Wildman–Crippen MR) is 59.6 cm³/mol. The third-order valence-electron chi connectivity index (χ3n) is 2.30. The van der Waals surface area contributed by atoms with Crippen molar-refractivity contribution >= 4 is 11.6 Å². The lowest BCUT2D eigenvalue weighted by Crippen LogP contribution is -2.36. The van der Waals surface area contributed by atoms with Crippen LogP contribution in [0.15, 0.2) is 12.1 Å². The number of hydrogen-bond donors (Lipinski definition) is 2. The minimum Gasteiger partial charge on any atom is -0.370 e. The van der Waals surface area contributed by atoms with Crippen molar-refractivity contribution < 1.29 is 18.3 Å². The van der Waals surface area contributed by atoms with Crippen LogP contribution in [0.3, 0.4) is 0 Å². The molecule has 0 bridgehead atoms. The first-order valence-corrected chi connectivity index (χ1v) is 4.99. The van der Waals surface area contributed by atoms with Crippen LogP contribution in [-0.2, 0) is 9.53 Å². The smallest absolute Gasteiger partial charge is 0.254 e. The summed E-state index contributed by atoms with van der Waals surface area (Å²) < 4.78 is 31.4. The molecule has 0 radical (unpaired) electrons. The van der Waals surface area contributed by atoms with Gasteiger partial charge in [-0.1, -0.05) is 0 Å². The van der Waals surface area contributed by atoms with Crippen molar-refractivity contribution in [3.8, 4) is 0 Å². The fraction of sp³-hybridized carbons (Fsp3) is 0.364. The quantitative estimate of drug-likeness (QED) is 0.836. The predicted octanol–water partition coefficient (Wildman–Crippen LogP) is 1.19. The van der Waals surface area contributed by atoms with Crippen molar-refractivity contribution in [3.63, 3.8) is 0 Å². The molecule has 1 atom stereocenters. The van der Waals surface area contributed by atoms with Gasteiger partial charge in [-0.3, -0.25) is 4.79 Å². The number of methoxy groups -OCH3 is 1. The average Bonchev–Trinajstić information content (AvgIpc) is 2.27. The molecule has 0 heterocycles. The number of benzene rings is 1. The Balaban J connectivity index is 2.88. The second-order valence-electron chi connectivity index (χ2n) is 3.53. The van der Waals surface area contributed by atoms with Crippen LogP contribution in [0.5, 0.6) is 0 Å². The molecule has 1 amide bonds. The van der Waals surface area contributed by atoms with Gasteiger partial charge in [0, 0.05) is 19.7 Å². The monoisotopic (exact) mass is 244 g/mol. The summed E-state index contributed by atoms with van der Waals surface area (Å²) in [5.74, 6) is -1.91. The highest BCUT2D eigenvalue weighted by Gasteiger charge is 2.18. The lowest BCUT2D eigenvalue weighted by atomic mass is 10.2. The molecule has 1 aromatic carbocycles. The first-order valence-electron chi connectivity index (χ1n) is 4.99. The van der Waals surface area contributed by atoms with Crippen LogP contribution in [0.25, 0.3) is 0 Å². The molecule has 1 rings (SSSR count). The Kier molecular flexibility index (Phi) is 4.53. The summed E-state index contributed by atoms with van der Waals surface area (Å²) in [5, 5.41) is 2.22. The van der Waals surface area contributed by atoms with Crippen molar-refractivity contribution in [2.24, 2.45) is 5.73 Å². The van der Waals surface area contributed by atoms with E-state index < -0.39 is 23.6 Å². The number of nitrogens with one attached hydrogen (secondary N) is 1. The third kappa shape index (κ3) is 3.21. The van der Waals surface area contributed by atoms with Crippen LogP contribution in [0.1, 0.15) is 5.56 Å². The van der Waals surface area contributed by atoms with Crippen molar-refractivity contribution in [1.82, 2.24) is 0 Å². The summed E-state index contributed by atoms with van der Waals surface area (Å²) in [7, 11) is 1.31. The van der Waals surface area contributed by atoms with Crippen molar-refractivity contribution in [3.05, 3.63) is 29.3 Å². The highest BCUT2D eigenvalue weighted by molar-refractivity contribution is 5.94. The lowest BCUT2D eigenvalue weighted by molar-refractivity contribution is -0.125. The molecule has 0 aromatic heterocycles. The molecule has 0 aliphatic heterocycles. The molecule has 17 heavy (non-hydrogen) atoms. The summed E-state index contributed by atoms with van der Waals surface area (Å²) in [6.07, 6.45) is -0.890. The summed E-state index contributed by atoms with van der Waals surface area (Å²) in [6.45, 7) is 1.39. The number of amides is 1. The Labute approximate surface area is 97.8 Å². The SMILES string of the molecule is COC(CN)C(=O)Nc1cc(F)c(C)cc1F. The van der Waals surface area contributed by atoms with E-state index in [0.29, 0.717) is 0 Å². The van der Waals surface area contributed by atoms with Gasteiger partial charge in [-0.25, -0.2) is 8.78 Å². The second kappa shape index (κ2) is 5.70. The van der Waals surface area contributed by atoms with Gasteiger partial charge in [-0.2, -0.15) is 0 Å². The minimum atomic E-state index is -0.890. The standard InChI is InChI=1S/C11H14F2N2O2/c1-6-3-8(13)9(4-7(6)12)15-11(16)10(5-14)17-2/h3-4,10H,5,14H2,1-2H3,(H,15,16). The molecule has 94 valence electrons. The van der Waals surface area contributed by atoms with Gasteiger partial charge in [-0.05, 0) is 18.6 Å². The maximum atomic E-state index is 13.4. The van der Waals surface area contributed by atoms with Crippen LogP contribution >= 0.6 is 0 Å². The van der Waals surface area contributed by atoms with Crippen LogP contribution < -0.4 is 11.1 Å². The largest absolute Gasteiger partial charge is 0.370 e. The molecule has 0 saturated carbocycles. The maximum absolute atomic E-state index is 13.4. The van der Waals surface area contributed by atoms with Crippen LogP contribution in [0.4, 0.5) is 14.5 Å². The fourth-order valence-electron chi connectivity index (χ4n) is 1.27. The average molecular weight is 244 g/mol. The van der Waals surface area contributed by atoms with Crippen LogP contribution in [-0.4, -0.2) is 25.7 Å². The first-order chi connectivity index (χ1) is 7.99. The van der Waals surface area contributed by atoms with Gasteiger partial charge in [0.1, 0.15) is 17.7 Å². The molecule has 0 spiro atoms. The number of ether oxygens (including phenoxy) is 1. The molecule has 4 nitrogen and oxygen atoms in total.